The molecule has 1 amide bonds. The van der Waals surface area contributed by atoms with Gasteiger partial charge >= 0.3 is 5.97 Å². The Kier molecular flexibility index (Phi) is 4.47. The number of nitrogens with one attached hydrogen (secondary N) is 1. The van der Waals surface area contributed by atoms with E-state index in [0.29, 0.717) is 17.1 Å². The number of methoxy groups -OCH3 is 2. The average molecular weight is 341 g/mol. The predicted molar refractivity (Wildman–Crippen MR) is 93.9 cm³/mol. The van der Waals surface area contributed by atoms with E-state index in [9.17, 15) is 9.59 Å². The summed E-state index contributed by atoms with van der Waals surface area (Å²) in [5, 5.41) is 2.81. The maximum absolute atomic E-state index is 12.5. The van der Waals surface area contributed by atoms with Crippen molar-refractivity contribution in [1.82, 2.24) is 9.13 Å². The van der Waals surface area contributed by atoms with Gasteiger partial charge < -0.3 is 23.9 Å². The average Bonchev–Trinajstić information content (AvgIpc) is 3.15. The summed E-state index contributed by atoms with van der Waals surface area (Å²) >= 11 is 0. The summed E-state index contributed by atoms with van der Waals surface area (Å²) in [6.45, 7) is -0.00481. The predicted octanol–water partition coefficient (Wildman–Crippen LogP) is 2.41. The number of amides is 1. The maximum Gasteiger partial charge on any atom is 0.354 e. The number of benzene rings is 1. The lowest BCUT2D eigenvalue weighted by Gasteiger charge is -2.10. The summed E-state index contributed by atoms with van der Waals surface area (Å²) in [5.74, 6) is -0.0791. The van der Waals surface area contributed by atoms with Gasteiger partial charge in [-0.2, -0.15) is 0 Å². The topological polar surface area (TPSA) is 74.5 Å². The van der Waals surface area contributed by atoms with Gasteiger partial charge in [0.1, 0.15) is 18.0 Å². The second kappa shape index (κ2) is 6.72. The second-order valence-electron chi connectivity index (χ2n) is 5.58. The van der Waals surface area contributed by atoms with E-state index >= 15 is 0 Å². The van der Waals surface area contributed by atoms with Crippen LogP contribution in [0.25, 0.3) is 11.0 Å². The van der Waals surface area contributed by atoms with Crippen molar-refractivity contribution in [1.29, 1.82) is 0 Å². The van der Waals surface area contributed by atoms with Crippen molar-refractivity contribution in [2.24, 2.45) is 7.05 Å². The molecule has 0 bridgehead atoms. The van der Waals surface area contributed by atoms with Crippen LogP contribution in [0.4, 0.5) is 5.69 Å². The van der Waals surface area contributed by atoms with Crippen LogP contribution in [-0.4, -0.2) is 35.2 Å². The Morgan fingerprint density at radius 3 is 2.64 bits per heavy atom. The van der Waals surface area contributed by atoms with Gasteiger partial charge in [0.15, 0.2) is 0 Å². The molecule has 0 aliphatic rings. The van der Waals surface area contributed by atoms with E-state index in [2.05, 4.69) is 5.32 Å². The first-order valence-corrected chi connectivity index (χ1v) is 7.70. The van der Waals surface area contributed by atoms with Crippen LogP contribution < -0.4 is 10.1 Å². The van der Waals surface area contributed by atoms with Crippen molar-refractivity contribution in [2.75, 3.05) is 19.5 Å². The Morgan fingerprint density at radius 2 is 1.92 bits per heavy atom. The van der Waals surface area contributed by atoms with E-state index in [0.717, 1.165) is 11.0 Å². The number of fused-ring (bicyclic) bond motifs is 1. The van der Waals surface area contributed by atoms with E-state index in [1.807, 2.05) is 23.9 Å². The van der Waals surface area contributed by atoms with Crippen LogP contribution in [0.5, 0.6) is 5.75 Å². The highest BCUT2D eigenvalue weighted by molar-refractivity contribution is 5.97. The molecule has 3 rings (SSSR count). The van der Waals surface area contributed by atoms with Crippen LogP contribution in [0.2, 0.25) is 0 Å². The smallest absolute Gasteiger partial charge is 0.354 e. The van der Waals surface area contributed by atoms with Gasteiger partial charge in [0, 0.05) is 25.0 Å². The summed E-state index contributed by atoms with van der Waals surface area (Å²) in [7, 11) is 4.76. The molecule has 7 nitrogen and oxygen atoms in total. The maximum atomic E-state index is 12.5. The number of rotatable bonds is 5. The minimum Gasteiger partial charge on any atom is -0.497 e. The van der Waals surface area contributed by atoms with Crippen LogP contribution >= 0.6 is 0 Å². The fraction of sp³-hybridized carbons (Fsp3) is 0.222. The molecule has 0 fully saturated rings. The summed E-state index contributed by atoms with van der Waals surface area (Å²) in [4.78, 5) is 24.5. The molecule has 0 atom stereocenters. The zero-order valence-electron chi connectivity index (χ0n) is 14.3. The number of anilines is 1. The number of esters is 1. The number of hydrogen-bond donors (Lipinski definition) is 1. The summed E-state index contributed by atoms with van der Waals surface area (Å²) < 4.78 is 13.5. The Balaban J connectivity index is 1.88. The quantitative estimate of drug-likeness (QED) is 0.723. The molecule has 0 saturated heterocycles. The highest BCUT2D eigenvalue weighted by Gasteiger charge is 2.19. The first-order valence-electron chi connectivity index (χ1n) is 7.70. The molecule has 2 aromatic heterocycles. The molecule has 7 heteroatoms. The molecule has 130 valence electrons. The third-order valence-corrected chi connectivity index (χ3v) is 4.00. The minimum absolute atomic E-state index is 0.00481. The highest BCUT2D eigenvalue weighted by Crippen LogP contribution is 2.22. The zero-order valence-corrected chi connectivity index (χ0v) is 14.3. The Bertz CT molecular complexity index is 939. The number of aromatic nitrogens is 2. The first kappa shape index (κ1) is 16.6. The molecule has 2 heterocycles. The number of ether oxygens (including phenoxy) is 2. The molecule has 1 N–H and O–H groups in total. The van der Waals surface area contributed by atoms with E-state index < -0.39 is 5.97 Å². The molecule has 0 aliphatic carbocycles. The molecular weight excluding hydrogens is 322 g/mol. The van der Waals surface area contributed by atoms with Crippen LogP contribution in [-0.2, 0) is 23.1 Å². The number of nitrogens with zero attached hydrogens (tertiary/aromatic N) is 2. The van der Waals surface area contributed by atoms with Gasteiger partial charge in [-0.25, -0.2) is 4.79 Å². The number of aryl methyl sites for hydroxylation is 1. The van der Waals surface area contributed by atoms with Gasteiger partial charge in [-0.3, -0.25) is 4.79 Å². The number of hydrogen-bond acceptors (Lipinski definition) is 4. The van der Waals surface area contributed by atoms with Crippen molar-refractivity contribution in [3.05, 3.63) is 48.3 Å². The Hall–Kier alpha value is -3.22. The molecule has 3 aromatic rings. The SMILES string of the molecule is COC(=O)c1cc2c(ccn2C)n1CC(=O)Nc1cccc(OC)c1. The van der Waals surface area contributed by atoms with Crippen LogP contribution in [0.1, 0.15) is 10.5 Å². The van der Waals surface area contributed by atoms with Crippen molar-refractivity contribution in [3.8, 4) is 5.75 Å². The van der Waals surface area contributed by atoms with Crippen LogP contribution in [0, 0.1) is 0 Å². The summed E-state index contributed by atoms with van der Waals surface area (Å²) in [6.07, 6.45) is 1.88. The van der Waals surface area contributed by atoms with E-state index in [1.54, 1.807) is 42.0 Å². The van der Waals surface area contributed by atoms with E-state index in [1.165, 1.54) is 7.11 Å². The molecule has 0 unspecified atom stereocenters. The number of carbonyl (C=O) groups is 2. The fourth-order valence-electron chi connectivity index (χ4n) is 2.76. The molecular formula is C18H19N3O4. The van der Waals surface area contributed by atoms with Crippen molar-refractivity contribution < 1.29 is 19.1 Å². The fourth-order valence-corrected chi connectivity index (χ4v) is 2.76. The summed E-state index contributed by atoms with van der Waals surface area (Å²) in [6, 6.07) is 10.7. The van der Waals surface area contributed by atoms with Crippen molar-refractivity contribution in [2.45, 2.75) is 6.54 Å². The molecule has 0 saturated carbocycles. The number of carbonyl (C=O) groups excluding carboxylic acids is 2. The third kappa shape index (κ3) is 3.21. The normalized spacial score (nSPS) is 10.7. The molecule has 0 aliphatic heterocycles. The Labute approximate surface area is 144 Å². The zero-order chi connectivity index (χ0) is 18.0. The van der Waals surface area contributed by atoms with Gasteiger partial charge in [0.2, 0.25) is 5.91 Å². The molecule has 0 radical (unpaired) electrons. The van der Waals surface area contributed by atoms with Crippen molar-refractivity contribution in [3.63, 3.8) is 0 Å². The molecule has 25 heavy (non-hydrogen) atoms. The molecule has 1 aromatic carbocycles. The van der Waals surface area contributed by atoms with E-state index in [-0.39, 0.29) is 12.5 Å². The van der Waals surface area contributed by atoms with Crippen LogP contribution in [0.15, 0.2) is 42.6 Å². The van der Waals surface area contributed by atoms with Gasteiger partial charge in [-0.1, -0.05) is 6.07 Å². The largest absolute Gasteiger partial charge is 0.497 e. The van der Waals surface area contributed by atoms with Gasteiger partial charge in [0.25, 0.3) is 0 Å². The second-order valence-corrected chi connectivity index (χ2v) is 5.58. The van der Waals surface area contributed by atoms with Gasteiger partial charge in [-0.15, -0.1) is 0 Å². The van der Waals surface area contributed by atoms with Gasteiger partial charge in [-0.05, 0) is 24.3 Å². The molecule has 0 spiro atoms. The summed E-state index contributed by atoms with van der Waals surface area (Å²) in [5.41, 5.74) is 2.61. The lowest BCUT2D eigenvalue weighted by Crippen LogP contribution is -2.21. The lowest BCUT2D eigenvalue weighted by molar-refractivity contribution is -0.116. The van der Waals surface area contributed by atoms with Crippen molar-refractivity contribution >= 4 is 28.6 Å². The monoisotopic (exact) mass is 341 g/mol. The van der Waals surface area contributed by atoms with Gasteiger partial charge in [0.05, 0.1) is 25.3 Å². The third-order valence-electron chi connectivity index (χ3n) is 4.00. The standard InChI is InChI=1S/C18H19N3O4/c1-20-8-7-14-15(20)10-16(18(23)25-3)21(14)11-17(22)19-12-5-4-6-13(9-12)24-2/h4-10H,11H2,1-3H3,(H,19,22). The van der Waals surface area contributed by atoms with E-state index in [4.69, 9.17) is 9.47 Å². The highest BCUT2D eigenvalue weighted by atomic mass is 16.5. The lowest BCUT2D eigenvalue weighted by atomic mass is 10.3. The van der Waals surface area contributed by atoms with Crippen LogP contribution in [0.3, 0.4) is 0 Å². The Morgan fingerprint density at radius 1 is 1.12 bits per heavy atom. The first-order chi connectivity index (χ1) is 12.0. The minimum atomic E-state index is -0.481.